The molecule has 0 aromatic rings. The van der Waals surface area contributed by atoms with Crippen LogP contribution in [0, 0.1) is 0 Å². The average Bonchev–Trinajstić information content (AvgIpc) is 3.59. The molecular weight excluding hydrogens is 1030 g/mol. The molecule has 0 aromatic heterocycles. The Balaban J connectivity index is 6.10. The molecule has 0 bridgehead atoms. The summed E-state index contributed by atoms with van der Waals surface area (Å²) in [5.41, 5.74) is 0. The van der Waals surface area contributed by atoms with Gasteiger partial charge in [0.2, 0.25) is 12.2 Å². The lowest BCUT2D eigenvalue weighted by Gasteiger charge is -2.33. The Morgan fingerprint density at radius 1 is 0.220 bits per heavy atom. The molecule has 2 N–H and O–H groups in total. The second-order valence-electron chi connectivity index (χ2n) is 24.4. The molecule has 0 fully saturated rings. The summed E-state index contributed by atoms with van der Waals surface area (Å²) in [5.74, 6) is -6.86. The summed E-state index contributed by atoms with van der Waals surface area (Å²) in [6, 6.07) is 0. The van der Waals surface area contributed by atoms with Gasteiger partial charge in [-0.05, 0) is 25.7 Å². The zero-order chi connectivity index (χ0) is 60.2. The maximum Gasteiger partial charge on any atom is 0.349 e. The molecule has 0 unspecified atom stereocenters. The second-order valence-corrected chi connectivity index (χ2v) is 24.4. The molecule has 0 saturated carbocycles. The van der Waals surface area contributed by atoms with E-state index in [9.17, 15) is 39.0 Å². The number of carbonyl (C=O) groups excluding carboxylic acids is 4. The maximum atomic E-state index is 13.8. The molecule has 0 aromatic carbocycles. The van der Waals surface area contributed by atoms with E-state index in [0.29, 0.717) is 25.7 Å². The number of hydrogen-bond acceptors (Lipinski definition) is 10. The first-order valence-corrected chi connectivity index (χ1v) is 35.3. The summed E-state index contributed by atoms with van der Waals surface area (Å²) in [4.78, 5) is 81.0. The first-order valence-electron chi connectivity index (χ1n) is 35.3. The van der Waals surface area contributed by atoms with Gasteiger partial charge in [-0.25, -0.2) is 9.59 Å². The van der Waals surface area contributed by atoms with Gasteiger partial charge in [-0.1, -0.05) is 336 Å². The Kier molecular flexibility index (Phi) is 58.6. The van der Waals surface area contributed by atoms with Gasteiger partial charge in [-0.2, -0.15) is 0 Å². The van der Waals surface area contributed by atoms with E-state index in [1.54, 1.807) is 0 Å². The van der Waals surface area contributed by atoms with E-state index in [0.717, 1.165) is 103 Å². The SMILES string of the molecule is CCCCCCCCCCCCCCCC(=O)O[C@H]([C@H](OC(=O)CCCCCCCCCCCCCCC)[C@@H](OC(=O)CCCCCCCCCCCCCCC)C(=O)O)[C@H](OC(=O)CCCCCCCCCCCCCCC)C(=O)O. The average molecular weight is 1160 g/mol. The minimum absolute atomic E-state index is 0.110. The van der Waals surface area contributed by atoms with Gasteiger partial charge in [0, 0.05) is 25.7 Å². The van der Waals surface area contributed by atoms with Crippen molar-refractivity contribution >= 4 is 35.8 Å². The first kappa shape index (κ1) is 78.8. The van der Waals surface area contributed by atoms with Crippen molar-refractivity contribution in [3.63, 3.8) is 0 Å². The number of carboxylic acids is 2. The lowest BCUT2D eigenvalue weighted by atomic mass is 10.0. The highest BCUT2D eigenvalue weighted by molar-refractivity contribution is 5.82. The highest BCUT2D eigenvalue weighted by Crippen LogP contribution is 2.25. The standard InChI is InChI=1S/C70H130O12/c1-5-9-13-17-21-25-29-33-37-41-45-49-53-57-61(71)79-65(67(69(75)76)81-63(73)59-55-51-47-43-39-35-31-27-23-19-15-11-7-3)66(80-62(72)58-54-50-46-42-38-34-30-26-22-18-14-10-6-2)68(70(77)78)82-64(74)60-56-52-48-44-40-36-32-28-24-20-16-12-8-4/h65-68H,5-60H2,1-4H3,(H,75,76)(H,77,78)/t65-,66+,67+,68-. The number of hydrogen-bond donors (Lipinski definition) is 2. The van der Waals surface area contributed by atoms with Crippen LogP contribution in [-0.4, -0.2) is 70.4 Å². The van der Waals surface area contributed by atoms with Crippen molar-refractivity contribution in [2.24, 2.45) is 0 Å². The van der Waals surface area contributed by atoms with Gasteiger partial charge in [0.1, 0.15) is 0 Å². The van der Waals surface area contributed by atoms with Crippen molar-refractivity contribution < 1.29 is 57.9 Å². The molecule has 0 spiro atoms. The van der Waals surface area contributed by atoms with Gasteiger partial charge in [-0.3, -0.25) is 19.2 Å². The molecule has 82 heavy (non-hydrogen) atoms. The fourth-order valence-corrected chi connectivity index (χ4v) is 11.1. The van der Waals surface area contributed by atoms with Crippen molar-refractivity contribution in [2.75, 3.05) is 0 Å². The first-order chi connectivity index (χ1) is 40.0. The van der Waals surface area contributed by atoms with Crippen LogP contribution in [0.2, 0.25) is 0 Å². The molecule has 0 aliphatic heterocycles. The second kappa shape index (κ2) is 60.9. The molecule has 0 aliphatic rings. The van der Waals surface area contributed by atoms with Crippen LogP contribution in [0.1, 0.15) is 387 Å². The molecule has 482 valence electrons. The van der Waals surface area contributed by atoms with E-state index < -0.39 is 60.2 Å². The largest absolute Gasteiger partial charge is 0.478 e. The van der Waals surface area contributed by atoms with Crippen LogP contribution < -0.4 is 0 Å². The van der Waals surface area contributed by atoms with Crippen LogP contribution in [0.25, 0.3) is 0 Å². The van der Waals surface area contributed by atoms with Gasteiger partial charge in [0.15, 0.2) is 12.2 Å². The van der Waals surface area contributed by atoms with Crippen LogP contribution in [0.4, 0.5) is 0 Å². The van der Waals surface area contributed by atoms with Crippen molar-refractivity contribution in [1.82, 2.24) is 0 Å². The summed E-state index contributed by atoms with van der Waals surface area (Å²) in [7, 11) is 0. The summed E-state index contributed by atoms with van der Waals surface area (Å²) in [6.45, 7) is 8.91. The molecular formula is C70H130O12. The van der Waals surface area contributed by atoms with Crippen LogP contribution in [0.3, 0.4) is 0 Å². The smallest absolute Gasteiger partial charge is 0.349 e. The molecule has 12 nitrogen and oxygen atoms in total. The fourth-order valence-electron chi connectivity index (χ4n) is 11.1. The normalized spacial score (nSPS) is 12.9. The van der Waals surface area contributed by atoms with Crippen LogP contribution in [0.15, 0.2) is 0 Å². The minimum Gasteiger partial charge on any atom is -0.478 e. The van der Waals surface area contributed by atoms with E-state index in [2.05, 4.69) is 27.7 Å². The number of esters is 4. The van der Waals surface area contributed by atoms with Gasteiger partial charge in [0.25, 0.3) is 0 Å². The molecule has 0 amide bonds. The quantitative estimate of drug-likeness (QED) is 0.0335. The van der Waals surface area contributed by atoms with E-state index in [1.165, 1.54) is 205 Å². The fraction of sp³-hybridized carbons (Fsp3) is 0.914. The number of carbonyl (C=O) groups is 6. The maximum absolute atomic E-state index is 13.8. The van der Waals surface area contributed by atoms with Crippen LogP contribution in [0.5, 0.6) is 0 Å². The van der Waals surface area contributed by atoms with E-state index in [1.807, 2.05) is 0 Å². The van der Waals surface area contributed by atoms with Gasteiger partial charge in [0.05, 0.1) is 0 Å². The topological polar surface area (TPSA) is 180 Å². The van der Waals surface area contributed by atoms with Crippen LogP contribution in [-0.2, 0) is 47.7 Å². The van der Waals surface area contributed by atoms with Gasteiger partial charge in [-0.15, -0.1) is 0 Å². The third-order valence-electron chi connectivity index (χ3n) is 16.4. The highest BCUT2D eigenvalue weighted by Gasteiger charge is 2.50. The van der Waals surface area contributed by atoms with E-state index >= 15 is 0 Å². The number of unbranched alkanes of at least 4 members (excludes halogenated alkanes) is 48. The zero-order valence-corrected chi connectivity index (χ0v) is 53.9. The van der Waals surface area contributed by atoms with Crippen molar-refractivity contribution in [3.05, 3.63) is 0 Å². The summed E-state index contributed by atoms with van der Waals surface area (Å²) in [5, 5.41) is 21.5. The van der Waals surface area contributed by atoms with Crippen molar-refractivity contribution in [3.8, 4) is 0 Å². The highest BCUT2D eigenvalue weighted by atomic mass is 16.6. The summed E-state index contributed by atoms with van der Waals surface area (Å²) in [6.07, 6.45) is 47.9. The molecule has 4 atom stereocenters. The molecule has 12 heteroatoms. The molecule has 0 aliphatic carbocycles. The van der Waals surface area contributed by atoms with Gasteiger partial charge >= 0.3 is 35.8 Å². The Bertz CT molecular complexity index is 1380. The predicted octanol–water partition coefficient (Wildman–Crippen LogP) is 20.7. The lowest BCUT2D eigenvalue weighted by Crippen LogP contribution is -2.56. The Morgan fingerprint density at radius 2 is 0.354 bits per heavy atom. The number of carboxylic acid groups (broad SMARTS) is 2. The molecule has 0 heterocycles. The van der Waals surface area contributed by atoms with Crippen molar-refractivity contribution in [2.45, 2.75) is 412 Å². The van der Waals surface area contributed by atoms with E-state index in [-0.39, 0.29) is 25.7 Å². The number of aliphatic carboxylic acids is 2. The Morgan fingerprint density at radius 3 is 0.500 bits per heavy atom. The predicted molar refractivity (Wildman–Crippen MR) is 336 cm³/mol. The molecule has 0 radical (unpaired) electrons. The monoisotopic (exact) mass is 1160 g/mol. The third-order valence-corrected chi connectivity index (χ3v) is 16.4. The van der Waals surface area contributed by atoms with Gasteiger partial charge < -0.3 is 29.2 Å². The lowest BCUT2D eigenvalue weighted by molar-refractivity contribution is -0.209. The van der Waals surface area contributed by atoms with E-state index in [4.69, 9.17) is 18.9 Å². The molecule has 0 rings (SSSR count). The van der Waals surface area contributed by atoms with Crippen molar-refractivity contribution in [1.29, 1.82) is 0 Å². The third kappa shape index (κ3) is 51.3. The Labute approximate surface area is 503 Å². The van der Waals surface area contributed by atoms with Crippen LogP contribution >= 0.6 is 0 Å². The summed E-state index contributed by atoms with van der Waals surface area (Å²) >= 11 is 0. The minimum atomic E-state index is -2.25. The summed E-state index contributed by atoms with van der Waals surface area (Å²) < 4.78 is 22.9. The molecule has 0 saturated heterocycles. The zero-order valence-electron chi connectivity index (χ0n) is 53.9. The number of rotatable bonds is 65. The number of ether oxygens (including phenoxy) is 4. The Hall–Kier alpha value is -3.18.